The van der Waals surface area contributed by atoms with Crippen molar-refractivity contribution in [2.75, 3.05) is 46.0 Å². The maximum Gasteiger partial charge on any atom is 0.0613 e. The highest BCUT2D eigenvalue weighted by Gasteiger charge is 2.25. The molecule has 0 rings (SSSR count). The van der Waals surface area contributed by atoms with Crippen LogP contribution in [0.1, 0.15) is 53.4 Å². The molecule has 0 aliphatic carbocycles. The molecular weight excluding hydrogens is 252 g/mol. The van der Waals surface area contributed by atoms with E-state index >= 15 is 0 Å². The Hall–Kier alpha value is -0.160. The largest absolute Gasteiger partial charge is 0.394 e. The summed E-state index contributed by atoms with van der Waals surface area (Å²) in [7, 11) is 0. The molecule has 0 amide bonds. The predicted octanol–water partition coefficient (Wildman–Crippen LogP) is 2.27. The summed E-state index contributed by atoms with van der Waals surface area (Å²) in [6.45, 7) is 14.5. The minimum absolute atomic E-state index is 0.0880. The van der Waals surface area contributed by atoms with Crippen molar-refractivity contribution in [2.45, 2.75) is 58.9 Å². The van der Waals surface area contributed by atoms with Crippen molar-refractivity contribution in [2.24, 2.45) is 0 Å². The van der Waals surface area contributed by atoms with E-state index in [1.54, 1.807) is 0 Å². The fourth-order valence-corrected chi connectivity index (χ4v) is 2.43. The van der Waals surface area contributed by atoms with Gasteiger partial charge in [0, 0.05) is 18.7 Å². The normalized spacial score (nSPS) is 14.7. The van der Waals surface area contributed by atoms with Crippen molar-refractivity contribution in [3.05, 3.63) is 0 Å². The maximum absolute atomic E-state index is 9.70. The lowest BCUT2D eigenvalue weighted by molar-refractivity contribution is 0.108. The second kappa shape index (κ2) is 12.6. The lowest BCUT2D eigenvalue weighted by Gasteiger charge is -2.33. The van der Waals surface area contributed by atoms with Crippen LogP contribution in [0.3, 0.4) is 0 Å². The van der Waals surface area contributed by atoms with Crippen molar-refractivity contribution in [1.82, 2.24) is 10.2 Å². The molecule has 2 N–H and O–H groups in total. The van der Waals surface area contributed by atoms with Gasteiger partial charge in [0.1, 0.15) is 0 Å². The molecule has 0 aromatic carbocycles. The number of likely N-dealkylation sites (N-methyl/N-ethyl adjacent to an activating group) is 1. The SMILES string of the molecule is CCCNC(CC)(CO)CCCN(CC)CCOCC. The van der Waals surface area contributed by atoms with Crippen LogP contribution in [0.4, 0.5) is 0 Å². The van der Waals surface area contributed by atoms with Crippen molar-refractivity contribution in [3.63, 3.8) is 0 Å². The second-order valence-electron chi connectivity index (χ2n) is 5.45. The molecule has 20 heavy (non-hydrogen) atoms. The van der Waals surface area contributed by atoms with E-state index in [1.165, 1.54) is 0 Å². The number of hydrogen-bond donors (Lipinski definition) is 2. The van der Waals surface area contributed by atoms with Gasteiger partial charge in [-0.2, -0.15) is 0 Å². The molecule has 0 bridgehead atoms. The third kappa shape index (κ3) is 8.20. The van der Waals surface area contributed by atoms with Gasteiger partial charge in [0.15, 0.2) is 0 Å². The van der Waals surface area contributed by atoms with Crippen LogP contribution in [0.25, 0.3) is 0 Å². The maximum atomic E-state index is 9.70. The predicted molar refractivity (Wildman–Crippen MR) is 86.2 cm³/mol. The number of nitrogens with one attached hydrogen (secondary N) is 1. The quantitative estimate of drug-likeness (QED) is 0.481. The zero-order valence-corrected chi connectivity index (χ0v) is 14.1. The Morgan fingerprint density at radius 2 is 1.90 bits per heavy atom. The Morgan fingerprint density at radius 1 is 1.15 bits per heavy atom. The highest BCUT2D eigenvalue weighted by molar-refractivity contribution is 4.86. The minimum Gasteiger partial charge on any atom is -0.394 e. The smallest absolute Gasteiger partial charge is 0.0613 e. The number of ether oxygens (including phenoxy) is 1. The van der Waals surface area contributed by atoms with Crippen LogP contribution < -0.4 is 5.32 Å². The van der Waals surface area contributed by atoms with E-state index in [4.69, 9.17) is 4.74 Å². The molecule has 0 fully saturated rings. The summed E-state index contributed by atoms with van der Waals surface area (Å²) < 4.78 is 5.41. The van der Waals surface area contributed by atoms with Gasteiger partial charge in [-0.05, 0) is 52.2 Å². The van der Waals surface area contributed by atoms with Crippen molar-refractivity contribution in [3.8, 4) is 0 Å². The average Bonchev–Trinajstić information content (AvgIpc) is 2.49. The molecule has 1 unspecified atom stereocenters. The van der Waals surface area contributed by atoms with E-state index in [9.17, 15) is 5.11 Å². The van der Waals surface area contributed by atoms with Gasteiger partial charge in [-0.15, -0.1) is 0 Å². The second-order valence-corrected chi connectivity index (χ2v) is 5.45. The molecule has 0 spiro atoms. The molecule has 0 heterocycles. The molecule has 122 valence electrons. The van der Waals surface area contributed by atoms with E-state index in [0.717, 1.165) is 65.1 Å². The molecule has 4 nitrogen and oxygen atoms in total. The Morgan fingerprint density at radius 3 is 2.40 bits per heavy atom. The molecule has 0 aromatic rings. The molecule has 0 aliphatic rings. The lowest BCUT2D eigenvalue weighted by atomic mass is 9.91. The van der Waals surface area contributed by atoms with Crippen molar-refractivity contribution < 1.29 is 9.84 Å². The first-order valence-electron chi connectivity index (χ1n) is 8.33. The monoisotopic (exact) mass is 288 g/mol. The van der Waals surface area contributed by atoms with E-state index < -0.39 is 0 Å². The fourth-order valence-electron chi connectivity index (χ4n) is 2.43. The first-order valence-corrected chi connectivity index (χ1v) is 8.33. The van der Waals surface area contributed by atoms with Crippen LogP contribution >= 0.6 is 0 Å². The third-order valence-electron chi connectivity index (χ3n) is 4.06. The highest BCUT2D eigenvalue weighted by Crippen LogP contribution is 2.17. The Labute approximate surface area is 125 Å². The highest BCUT2D eigenvalue weighted by atomic mass is 16.5. The number of aliphatic hydroxyl groups is 1. The van der Waals surface area contributed by atoms with E-state index in [2.05, 4.69) is 31.0 Å². The summed E-state index contributed by atoms with van der Waals surface area (Å²) in [6, 6.07) is 0. The molecule has 0 saturated carbocycles. The lowest BCUT2D eigenvalue weighted by Crippen LogP contribution is -2.48. The summed E-state index contributed by atoms with van der Waals surface area (Å²) in [4.78, 5) is 2.42. The molecule has 1 atom stereocenters. The Kier molecular flexibility index (Phi) is 12.5. The van der Waals surface area contributed by atoms with Crippen LogP contribution in [0.2, 0.25) is 0 Å². The zero-order valence-electron chi connectivity index (χ0n) is 14.1. The van der Waals surface area contributed by atoms with Crippen molar-refractivity contribution >= 4 is 0 Å². The Bertz CT molecular complexity index is 209. The third-order valence-corrected chi connectivity index (χ3v) is 4.06. The van der Waals surface area contributed by atoms with E-state index in [-0.39, 0.29) is 12.1 Å². The summed E-state index contributed by atoms with van der Waals surface area (Å²) >= 11 is 0. The van der Waals surface area contributed by atoms with Gasteiger partial charge in [0.2, 0.25) is 0 Å². The minimum atomic E-state index is -0.0880. The van der Waals surface area contributed by atoms with Gasteiger partial charge in [-0.3, -0.25) is 0 Å². The first kappa shape index (κ1) is 19.8. The molecule has 0 saturated heterocycles. The van der Waals surface area contributed by atoms with Gasteiger partial charge in [0.25, 0.3) is 0 Å². The van der Waals surface area contributed by atoms with Gasteiger partial charge < -0.3 is 20.1 Å². The Balaban J connectivity index is 4.06. The van der Waals surface area contributed by atoms with Gasteiger partial charge >= 0.3 is 0 Å². The average molecular weight is 288 g/mol. The summed E-state index contributed by atoms with van der Waals surface area (Å²) in [6.07, 6.45) is 4.24. The van der Waals surface area contributed by atoms with E-state index in [1.807, 2.05) is 6.92 Å². The molecule has 0 aromatic heterocycles. The van der Waals surface area contributed by atoms with Gasteiger partial charge in [0.05, 0.1) is 13.2 Å². The molecular formula is C16H36N2O2. The van der Waals surface area contributed by atoms with Crippen LogP contribution in [-0.4, -0.2) is 61.5 Å². The number of aliphatic hydroxyl groups excluding tert-OH is 1. The van der Waals surface area contributed by atoms with Gasteiger partial charge in [-0.25, -0.2) is 0 Å². The van der Waals surface area contributed by atoms with Crippen LogP contribution in [-0.2, 0) is 4.74 Å². The number of hydrogen-bond acceptors (Lipinski definition) is 4. The van der Waals surface area contributed by atoms with Crippen LogP contribution in [0, 0.1) is 0 Å². The summed E-state index contributed by atoms with van der Waals surface area (Å²) in [5, 5.41) is 13.2. The first-order chi connectivity index (χ1) is 9.67. The van der Waals surface area contributed by atoms with Crippen LogP contribution in [0.5, 0.6) is 0 Å². The zero-order chi connectivity index (χ0) is 15.3. The number of nitrogens with zero attached hydrogens (tertiary/aromatic N) is 1. The van der Waals surface area contributed by atoms with E-state index in [0.29, 0.717) is 0 Å². The standard InChI is InChI=1S/C16H36N2O2/c1-5-11-17-16(6-2,15-19)10-9-12-18(7-3)13-14-20-8-4/h17,19H,5-15H2,1-4H3. The van der Waals surface area contributed by atoms with Crippen LogP contribution in [0.15, 0.2) is 0 Å². The molecule has 0 radical (unpaired) electrons. The molecule has 4 heteroatoms. The van der Waals surface area contributed by atoms with Gasteiger partial charge in [-0.1, -0.05) is 20.8 Å². The summed E-state index contributed by atoms with van der Waals surface area (Å²) in [5.74, 6) is 0. The topological polar surface area (TPSA) is 44.7 Å². The summed E-state index contributed by atoms with van der Waals surface area (Å²) in [5.41, 5.74) is -0.0880. The fraction of sp³-hybridized carbons (Fsp3) is 1.00. The number of rotatable bonds is 14. The van der Waals surface area contributed by atoms with Crippen molar-refractivity contribution in [1.29, 1.82) is 0 Å². The molecule has 0 aliphatic heterocycles.